The smallest absolute Gasteiger partial charge is 0.254 e. The summed E-state index contributed by atoms with van der Waals surface area (Å²) in [6.45, 7) is 7.25. The number of hydrogen-bond donors (Lipinski definition) is 1. The van der Waals surface area contributed by atoms with Crippen molar-refractivity contribution in [2.24, 2.45) is 0 Å². The predicted molar refractivity (Wildman–Crippen MR) is 135 cm³/mol. The Morgan fingerprint density at radius 2 is 1.94 bits per heavy atom. The lowest BCUT2D eigenvalue weighted by Gasteiger charge is -2.25. The number of amides is 2. The Bertz CT molecular complexity index is 1210. The molecule has 0 spiro atoms. The van der Waals surface area contributed by atoms with Gasteiger partial charge in [-0.3, -0.25) is 9.59 Å². The third-order valence-electron chi connectivity index (χ3n) is 6.05. The molecule has 2 aromatic carbocycles. The zero-order valence-electron chi connectivity index (χ0n) is 19.5. The van der Waals surface area contributed by atoms with Gasteiger partial charge < -0.3 is 14.8 Å². The summed E-state index contributed by atoms with van der Waals surface area (Å²) in [7, 11) is 0. The Labute approximate surface area is 208 Å². The summed E-state index contributed by atoms with van der Waals surface area (Å²) >= 11 is 7.39. The van der Waals surface area contributed by atoms with Gasteiger partial charge in [0.2, 0.25) is 5.91 Å². The van der Waals surface area contributed by atoms with E-state index in [9.17, 15) is 9.59 Å². The van der Waals surface area contributed by atoms with E-state index in [1.165, 1.54) is 11.8 Å². The zero-order chi connectivity index (χ0) is 24.2. The molecule has 7 nitrogen and oxygen atoms in total. The van der Waals surface area contributed by atoms with Gasteiger partial charge in [0.15, 0.2) is 11.0 Å². The molecule has 0 aliphatic carbocycles. The molecule has 0 saturated carbocycles. The third kappa shape index (κ3) is 5.13. The summed E-state index contributed by atoms with van der Waals surface area (Å²) in [5, 5.41) is 13.0. The molecular weight excluding hydrogens is 470 g/mol. The molecule has 1 N–H and O–H groups in total. The van der Waals surface area contributed by atoms with Gasteiger partial charge in [-0.25, -0.2) is 0 Å². The molecule has 1 aliphatic rings. The average molecular weight is 498 g/mol. The first kappa shape index (κ1) is 24.3. The molecule has 2 amide bonds. The van der Waals surface area contributed by atoms with Crippen molar-refractivity contribution in [1.29, 1.82) is 0 Å². The number of carbonyl (C=O) groups is 2. The van der Waals surface area contributed by atoms with Crippen LogP contribution in [0.3, 0.4) is 0 Å². The van der Waals surface area contributed by atoms with Crippen molar-refractivity contribution in [3.8, 4) is 0 Å². The lowest BCUT2D eigenvalue weighted by molar-refractivity contribution is -0.113. The van der Waals surface area contributed by atoms with Crippen LogP contribution in [0.2, 0.25) is 5.02 Å². The van der Waals surface area contributed by atoms with Crippen LogP contribution < -0.4 is 5.32 Å². The van der Waals surface area contributed by atoms with Gasteiger partial charge in [-0.15, -0.1) is 10.2 Å². The molecule has 1 fully saturated rings. The van der Waals surface area contributed by atoms with Crippen molar-refractivity contribution in [2.45, 2.75) is 51.4 Å². The second-order valence-corrected chi connectivity index (χ2v) is 9.73. The number of aryl methyl sites for hydroxylation is 2. The normalized spacial score (nSPS) is 15.5. The molecule has 2 heterocycles. The quantitative estimate of drug-likeness (QED) is 0.449. The Kier molecular flexibility index (Phi) is 7.58. The van der Waals surface area contributed by atoms with E-state index in [0.717, 1.165) is 35.4 Å². The molecule has 34 heavy (non-hydrogen) atoms. The van der Waals surface area contributed by atoms with Crippen LogP contribution in [0.5, 0.6) is 0 Å². The van der Waals surface area contributed by atoms with E-state index in [-0.39, 0.29) is 23.6 Å². The van der Waals surface area contributed by atoms with Gasteiger partial charge in [0, 0.05) is 29.4 Å². The minimum atomic E-state index is -0.139. The number of likely N-dealkylation sites (tertiary alicyclic amines) is 1. The summed E-state index contributed by atoms with van der Waals surface area (Å²) in [4.78, 5) is 27.8. The van der Waals surface area contributed by atoms with Crippen LogP contribution in [0.4, 0.5) is 5.69 Å². The van der Waals surface area contributed by atoms with E-state index >= 15 is 0 Å². The molecule has 4 rings (SSSR count). The maximum absolute atomic E-state index is 13.3. The Morgan fingerprint density at radius 3 is 2.71 bits per heavy atom. The first-order chi connectivity index (χ1) is 16.4. The second-order valence-electron chi connectivity index (χ2n) is 8.35. The highest BCUT2D eigenvalue weighted by Gasteiger charge is 2.35. The molecule has 9 heteroatoms. The maximum atomic E-state index is 13.3. The van der Waals surface area contributed by atoms with Crippen LogP contribution in [-0.4, -0.2) is 43.8 Å². The zero-order valence-corrected chi connectivity index (χ0v) is 21.1. The average Bonchev–Trinajstić information content (AvgIpc) is 3.46. The van der Waals surface area contributed by atoms with Crippen molar-refractivity contribution in [3.05, 3.63) is 70.0 Å². The molecule has 1 aromatic heterocycles. The molecule has 1 atom stereocenters. The highest BCUT2D eigenvalue weighted by atomic mass is 35.5. The van der Waals surface area contributed by atoms with Crippen molar-refractivity contribution in [1.82, 2.24) is 19.7 Å². The number of nitrogens with zero attached hydrogens (tertiary/aromatic N) is 4. The minimum Gasteiger partial charge on any atom is -0.328 e. The lowest BCUT2D eigenvalue weighted by Crippen LogP contribution is -2.32. The fourth-order valence-electron chi connectivity index (χ4n) is 4.24. The topological polar surface area (TPSA) is 80.1 Å². The number of benzene rings is 2. The summed E-state index contributed by atoms with van der Waals surface area (Å²) in [6, 6.07) is 12.9. The highest BCUT2D eigenvalue weighted by molar-refractivity contribution is 7.99. The Balaban J connectivity index is 1.47. The largest absolute Gasteiger partial charge is 0.328 e. The number of carbonyl (C=O) groups excluding carboxylic acids is 2. The first-order valence-electron chi connectivity index (χ1n) is 11.4. The third-order valence-corrected chi connectivity index (χ3v) is 7.26. The van der Waals surface area contributed by atoms with Crippen molar-refractivity contribution >= 4 is 40.9 Å². The van der Waals surface area contributed by atoms with Gasteiger partial charge in [-0.1, -0.05) is 47.6 Å². The van der Waals surface area contributed by atoms with Crippen LogP contribution in [-0.2, 0) is 11.3 Å². The molecule has 178 valence electrons. The lowest BCUT2D eigenvalue weighted by atomic mass is 10.1. The number of thioether (sulfide) groups is 1. The van der Waals surface area contributed by atoms with Gasteiger partial charge in [-0.2, -0.15) is 0 Å². The second kappa shape index (κ2) is 10.6. The molecule has 1 saturated heterocycles. The number of anilines is 1. The fraction of sp³-hybridized carbons (Fsp3) is 0.360. The van der Waals surface area contributed by atoms with Gasteiger partial charge in [0.25, 0.3) is 5.91 Å². The minimum absolute atomic E-state index is 0.0247. The standard InChI is InChI=1S/C25H28ClN5O2S/c1-4-30-23(21-10-7-13-31(21)24(33)19-9-6-5-8-16(19)2)28-29-25(30)34-15-22(32)27-20-14-18(26)12-11-17(20)3/h5-6,8-9,11-12,14,21H,4,7,10,13,15H2,1-3H3,(H,27,32). The summed E-state index contributed by atoms with van der Waals surface area (Å²) in [5.74, 6) is 0.854. The Hall–Kier alpha value is -2.84. The predicted octanol–water partition coefficient (Wildman–Crippen LogP) is 5.28. The molecule has 0 radical (unpaired) electrons. The fourth-order valence-corrected chi connectivity index (χ4v) is 5.22. The number of rotatable bonds is 7. The van der Waals surface area contributed by atoms with Crippen LogP contribution in [0.1, 0.15) is 53.1 Å². The van der Waals surface area contributed by atoms with E-state index in [1.54, 1.807) is 12.1 Å². The molecule has 1 unspecified atom stereocenters. The number of nitrogens with one attached hydrogen (secondary N) is 1. The SMILES string of the molecule is CCn1c(SCC(=O)Nc2cc(Cl)ccc2C)nnc1C1CCCN1C(=O)c1ccccc1C. The van der Waals surface area contributed by atoms with Gasteiger partial charge >= 0.3 is 0 Å². The van der Waals surface area contributed by atoms with Crippen LogP contribution in [0, 0.1) is 13.8 Å². The van der Waals surface area contributed by atoms with Crippen molar-refractivity contribution in [3.63, 3.8) is 0 Å². The van der Waals surface area contributed by atoms with E-state index in [1.807, 2.05) is 60.6 Å². The molecule has 1 aliphatic heterocycles. The molecule has 3 aromatic rings. The number of hydrogen-bond acceptors (Lipinski definition) is 5. The van der Waals surface area contributed by atoms with Gasteiger partial charge in [0.05, 0.1) is 11.8 Å². The first-order valence-corrected chi connectivity index (χ1v) is 12.7. The van der Waals surface area contributed by atoms with E-state index in [4.69, 9.17) is 11.6 Å². The Morgan fingerprint density at radius 1 is 1.15 bits per heavy atom. The number of aromatic nitrogens is 3. The monoisotopic (exact) mass is 497 g/mol. The van der Waals surface area contributed by atoms with E-state index in [0.29, 0.717) is 29.0 Å². The van der Waals surface area contributed by atoms with Crippen molar-refractivity contribution < 1.29 is 9.59 Å². The van der Waals surface area contributed by atoms with Crippen molar-refractivity contribution in [2.75, 3.05) is 17.6 Å². The molecular formula is C25H28ClN5O2S. The van der Waals surface area contributed by atoms with Crippen LogP contribution >= 0.6 is 23.4 Å². The summed E-state index contributed by atoms with van der Waals surface area (Å²) < 4.78 is 2.01. The summed E-state index contributed by atoms with van der Waals surface area (Å²) in [6.07, 6.45) is 1.76. The highest BCUT2D eigenvalue weighted by Crippen LogP contribution is 2.34. The van der Waals surface area contributed by atoms with Crippen LogP contribution in [0.25, 0.3) is 0 Å². The molecule has 0 bridgehead atoms. The maximum Gasteiger partial charge on any atom is 0.254 e. The number of halogens is 1. The van der Waals surface area contributed by atoms with E-state index < -0.39 is 0 Å². The summed E-state index contributed by atoms with van der Waals surface area (Å²) in [5.41, 5.74) is 3.33. The van der Waals surface area contributed by atoms with E-state index in [2.05, 4.69) is 15.5 Å². The van der Waals surface area contributed by atoms with Gasteiger partial charge in [-0.05, 0) is 62.9 Å². The van der Waals surface area contributed by atoms with Crippen LogP contribution in [0.15, 0.2) is 47.6 Å². The van der Waals surface area contributed by atoms with Gasteiger partial charge in [0.1, 0.15) is 0 Å².